The molecule has 224 valence electrons. The van der Waals surface area contributed by atoms with Gasteiger partial charge in [-0.1, -0.05) is 20.3 Å². The molecule has 0 N–H and O–H groups in total. The maximum absolute atomic E-state index is 12.9. The zero-order valence-corrected chi connectivity index (χ0v) is 25.6. The maximum atomic E-state index is 12.9. The van der Waals surface area contributed by atoms with Crippen molar-refractivity contribution >= 4 is 23.8 Å². The summed E-state index contributed by atoms with van der Waals surface area (Å²) >= 11 is 0. The van der Waals surface area contributed by atoms with Crippen LogP contribution in [-0.4, -0.2) is 37.9 Å². The van der Waals surface area contributed by atoms with E-state index in [-0.39, 0.29) is 31.3 Å². The van der Waals surface area contributed by atoms with Gasteiger partial charge in [0.1, 0.15) is 17.2 Å². The number of hydrogen-bond acceptors (Lipinski definition) is 8. The first-order chi connectivity index (χ1) is 19.3. The summed E-state index contributed by atoms with van der Waals surface area (Å²) in [5.41, 5.74) is 0.906. The number of carbonyl (C=O) groups excluding carboxylic acids is 3. The zero-order chi connectivity index (χ0) is 30.6. The molecular weight excluding hydrogens is 524 g/mol. The van der Waals surface area contributed by atoms with Crippen molar-refractivity contribution in [3.05, 3.63) is 59.2 Å². The summed E-state index contributed by atoms with van der Waals surface area (Å²) in [6.45, 7) is 14.8. The van der Waals surface area contributed by atoms with Gasteiger partial charge in [0.25, 0.3) is 0 Å². The lowest BCUT2D eigenvalue weighted by Gasteiger charge is -2.19. The molecule has 2 aromatic rings. The van der Waals surface area contributed by atoms with Gasteiger partial charge < -0.3 is 23.7 Å². The van der Waals surface area contributed by atoms with Crippen molar-refractivity contribution in [1.29, 1.82) is 0 Å². The van der Waals surface area contributed by atoms with Crippen LogP contribution in [0.5, 0.6) is 17.2 Å². The molecule has 2 rings (SSSR count). The van der Waals surface area contributed by atoms with E-state index < -0.39 is 10.8 Å². The third-order valence-corrected chi connectivity index (χ3v) is 5.77. The molecule has 0 heterocycles. The lowest BCUT2D eigenvalue weighted by atomic mass is 9.97. The molecule has 0 aromatic heterocycles. The molecule has 0 atom stereocenters. The molecule has 0 saturated carbocycles. The van der Waals surface area contributed by atoms with Gasteiger partial charge in [-0.3, -0.25) is 14.4 Å². The van der Waals surface area contributed by atoms with Crippen LogP contribution in [0.2, 0.25) is 0 Å². The van der Waals surface area contributed by atoms with Gasteiger partial charge >= 0.3 is 11.9 Å². The minimum atomic E-state index is -0.625. The average molecular weight is 569 g/mol. The Balaban J connectivity index is 2.16. The molecule has 8 heteroatoms. The van der Waals surface area contributed by atoms with Crippen molar-refractivity contribution in [1.82, 2.24) is 0 Å². The minimum Gasteiger partial charge on any atom is -0.493 e. The van der Waals surface area contributed by atoms with Crippen LogP contribution >= 0.6 is 0 Å². The summed E-state index contributed by atoms with van der Waals surface area (Å²) in [7, 11) is 0. The number of aryl methyl sites for hydroxylation is 1. The number of hydrogen-bond donors (Lipinski definition) is 0. The molecule has 0 unspecified atom stereocenters. The van der Waals surface area contributed by atoms with Crippen molar-refractivity contribution in [2.24, 2.45) is 10.8 Å². The molecule has 41 heavy (non-hydrogen) atoms. The number of allylic oxidation sites excluding steroid dienone is 1. The number of benzene rings is 2. The van der Waals surface area contributed by atoms with Crippen LogP contribution in [0, 0.1) is 10.8 Å². The normalized spacial score (nSPS) is 11.7. The van der Waals surface area contributed by atoms with E-state index in [9.17, 15) is 14.4 Å². The fraction of sp³-hybridized carbons (Fsp3) is 0.485. The van der Waals surface area contributed by atoms with Crippen LogP contribution < -0.4 is 14.2 Å². The Morgan fingerprint density at radius 2 is 1.32 bits per heavy atom. The van der Waals surface area contributed by atoms with E-state index in [0.29, 0.717) is 29.4 Å². The fourth-order valence-electron chi connectivity index (χ4n) is 3.40. The SMILES string of the molecule is CCCOc1cc(OCOC(=O)C(C)(C)C)c(CCC)cc1/C=C/C(=O)c1ccc(OCOC(=O)C(C)(C)C)cc1. The van der Waals surface area contributed by atoms with Gasteiger partial charge in [-0.25, -0.2) is 0 Å². The van der Waals surface area contributed by atoms with Crippen LogP contribution in [0.4, 0.5) is 0 Å². The summed E-state index contributed by atoms with van der Waals surface area (Å²) in [6.07, 6.45) is 5.64. The maximum Gasteiger partial charge on any atom is 0.314 e. The zero-order valence-electron chi connectivity index (χ0n) is 25.6. The monoisotopic (exact) mass is 568 g/mol. The van der Waals surface area contributed by atoms with Crippen molar-refractivity contribution < 1.29 is 38.1 Å². The van der Waals surface area contributed by atoms with E-state index in [1.807, 2.05) is 13.0 Å². The van der Waals surface area contributed by atoms with E-state index in [1.165, 1.54) is 6.08 Å². The molecule has 0 radical (unpaired) electrons. The van der Waals surface area contributed by atoms with Gasteiger partial charge in [0, 0.05) is 17.2 Å². The predicted octanol–water partition coefficient (Wildman–Crippen LogP) is 7.18. The predicted molar refractivity (Wildman–Crippen MR) is 158 cm³/mol. The number of rotatable bonds is 14. The number of esters is 2. The van der Waals surface area contributed by atoms with Crippen molar-refractivity contribution in [2.45, 2.75) is 74.7 Å². The Morgan fingerprint density at radius 1 is 0.732 bits per heavy atom. The Hall–Kier alpha value is -3.81. The van der Waals surface area contributed by atoms with E-state index >= 15 is 0 Å². The highest BCUT2D eigenvalue weighted by Gasteiger charge is 2.24. The molecule has 0 bridgehead atoms. The Labute approximate surface area is 244 Å². The first-order valence-electron chi connectivity index (χ1n) is 14.0. The second kappa shape index (κ2) is 15.3. The molecule has 0 saturated heterocycles. The molecule has 2 aromatic carbocycles. The highest BCUT2D eigenvalue weighted by atomic mass is 16.7. The number of ketones is 1. The first-order valence-corrected chi connectivity index (χ1v) is 14.0. The molecule has 0 aliphatic heterocycles. The molecule has 0 aliphatic rings. The van der Waals surface area contributed by atoms with E-state index in [4.69, 9.17) is 23.7 Å². The third-order valence-electron chi connectivity index (χ3n) is 5.77. The summed E-state index contributed by atoms with van der Waals surface area (Å²) < 4.78 is 27.7. The van der Waals surface area contributed by atoms with Gasteiger partial charge in [-0.2, -0.15) is 0 Å². The largest absolute Gasteiger partial charge is 0.493 e. The van der Waals surface area contributed by atoms with Gasteiger partial charge in [0.2, 0.25) is 13.6 Å². The van der Waals surface area contributed by atoms with Crippen LogP contribution in [0.25, 0.3) is 6.08 Å². The second-order valence-electron chi connectivity index (χ2n) is 11.7. The quantitative estimate of drug-likeness (QED) is 0.102. The van der Waals surface area contributed by atoms with Gasteiger partial charge in [0.15, 0.2) is 5.78 Å². The van der Waals surface area contributed by atoms with E-state index in [2.05, 4.69) is 6.92 Å². The van der Waals surface area contributed by atoms with Gasteiger partial charge in [0.05, 0.1) is 17.4 Å². The van der Waals surface area contributed by atoms with Crippen molar-refractivity contribution in [3.8, 4) is 17.2 Å². The molecule has 0 spiro atoms. The molecule has 0 aliphatic carbocycles. The summed E-state index contributed by atoms with van der Waals surface area (Å²) in [6, 6.07) is 10.3. The molecule has 0 fully saturated rings. The second-order valence-corrected chi connectivity index (χ2v) is 11.7. The highest BCUT2D eigenvalue weighted by molar-refractivity contribution is 6.07. The van der Waals surface area contributed by atoms with Crippen LogP contribution in [0.1, 0.15) is 89.7 Å². The molecular formula is C33H44O8. The fourth-order valence-corrected chi connectivity index (χ4v) is 3.40. The standard InChI is InChI=1S/C33H44O8/c1-9-11-24-19-25(28(37-18-10-2)20-29(24)39-22-41-31(36)33(6,7)8)14-17-27(34)23-12-15-26(16-13-23)38-21-40-30(35)32(3,4)5/h12-17,19-20H,9-11,18,21-22H2,1-8H3/b17-14+. The Morgan fingerprint density at radius 3 is 1.85 bits per heavy atom. The van der Waals surface area contributed by atoms with Crippen molar-refractivity contribution in [2.75, 3.05) is 20.2 Å². The Bertz CT molecular complexity index is 1200. The van der Waals surface area contributed by atoms with Crippen LogP contribution in [0.15, 0.2) is 42.5 Å². The Kier molecular flexibility index (Phi) is 12.4. The topological polar surface area (TPSA) is 97.4 Å². The number of ether oxygens (including phenoxy) is 5. The van der Waals surface area contributed by atoms with Crippen molar-refractivity contribution in [3.63, 3.8) is 0 Å². The van der Waals surface area contributed by atoms with Gasteiger partial charge in [-0.15, -0.1) is 0 Å². The average Bonchev–Trinajstić information content (AvgIpc) is 2.91. The smallest absolute Gasteiger partial charge is 0.314 e. The van der Waals surface area contributed by atoms with E-state index in [1.54, 1.807) is 78.0 Å². The van der Waals surface area contributed by atoms with Crippen LogP contribution in [0.3, 0.4) is 0 Å². The summed E-state index contributed by atoms with van der Waals surface area (Å²) in [5.74, 6) is 0.730. The van der Waals surface area contributed by atoms with E-state index in [0.717, 1.165) is 30.4 Å². The lowest BCUT2D eigenvalue weighted by Crippen LogP contribution is -2.24. The first kappa shape index (κ1) is 33.4. The number of carbonyl (C=O) groups is 3. The van der Waals surface area contributed by atoms with Crippen LogP contribution in [-0.2, 0) is 25.5 Å². The lowest BCUT2D eigenvalue weighted by molar-refractivity contribution is -0.160. The minimum absolute atomic E-state index is 0.191. The highest BCUT2D eigenvalue weighted by Crippen LogP contribution is 2.32. The third kappa shape index (κ3) is 10.9. The molecule has 0 amide bonds. The summed E-state index contributed by atoms with van der Waals surface area (Å²) in [4.78, 5) is 36.9. The molecule has 8 nitrogen and oxygen atoms in total. The van der Waals surface area contributed by atoms with Gasteiger partial charge in [-0.05, 0) is 102 Å². The summed E-state index contributed by atoms with van der Waals surface area (Å²) in [5, 5.41) is 0.